The van der Waals surface area contributed by atoms with Crippen LogP contribution in [0, 0.1) is 0 Å². The molecule has 1 aromatic carbocycles. The van der Waals surface area contributed by atoms with Crippen LogP contribution in [0.4, 0.5) is 5.82 Å². The number of rotatable bonds is 2. The Morgan fingerprint density at radius 2 is 1.87 bits per heavy atom. The molecule has 1 aromatic heterocycles. The first kappa shape index (κ1) is 9.40. The topological polar surface area (TPSA) is 45.5 Å². The van der Waals surface area contributed by atoms with Gasteiger partial charge in [0.25, 0.3) is 0 Å². The number of hydrogen-bond donors (Lipinski definition) is 1. The average Bonchev–Trinajstić information content (AvgIpc) is 2.30. The largest absolute Gasteiger partial charge is 0.508 e. The van der Waals surface area contributed by atoms with E-state index >= 15 is 0 Å². The Hall–Kier alpha value is -2.16. The van der Waals surface area contributed by atoms with Gasteiger partial charge in [0.15, 0.2) is 5.82 Å². The second kappa shape index (κ2) is 4.37. The van der Waals surface area contributed by atoms with Crippen molar-refractivity contribution >= 4 is 12.0 Å². The van der Waals surface area contributed by atoms with Crippen molar-refractivity contribution in [2.75, 3.05) is 0 Å². The molecule has 1 heterocycles. The van der Waals surface area contributed by atoms with E-state index in [0.717, 1.165) is 5.56 Å². The molecule has 0 unspecified atom stereocenters. The van der Waals surface area contributed by atoms with E-state index in [1.54, 1.807) is 36.7 Å². The van der Waals surface area contributed by atoms with Crippen molar-refractivity contribution in [2.24, 2.45) is 4.99 Å². The number of phenolic OH excluding ortho intramolecular Hbond substituents is 1. The lowest BCUT2D eigenvalue weighted by Gasteiger charge is -1.93. The third-order valence-electron chi connectivity index (χ3n) is 1.89. The summed E-state index contributed by atoms with van der Waals surface area (Å²) in [6.07, 6.45) is 3.41. The lowest BCUT2D eigenvalue weighted by atomic mass is 10.2. The van der Waals surface area contributed by atoms with Crippen molar-refractivity contribution in [3.8, 4) is 5.75 Å². The predicted octanol–water partition coefficient (Wildman–Crippen LogP) is 2.54. The van der Waals surface area contributed by atoms with Crippen LogP contribution < -0.4 is 0 Å². The SMILES string of the molecule is Oc1ccc(C=Nc2ccccn2)cc1. The van der Waals surface area contributed by atoms with Gasteiger partial charge in [-0.15, -0.1) is 0 Å². The number of benzene rings is 1. The molecule has 3 heteroatoms. The summed E-state index contributed by atoms with van der Waals surface area (Å²) < 4.78 is 0. The summed E-state index contributed by atoms with van der Waals surface area (Å²) in [6, 6.07) is 12.4. The molecular formula is C12H10N2O. The molecule has 0 aliphatic carbocycles. The lowest BCUT2D eigenvalue weighted by molar-refractivity contribution is 0.475. The van der Waals surface area contributed by atoms with Gasteiger partial charge >= 0.3 is 0 Å². The number of phenols is 1. The molecule has 2 rings (SSSR count). The van der Waals surface area contributed by atoms with Crippen LogP contribution in [-0.2, 0) is 0 Å². The summed E-state index contributed by atoms with van der Waals surface area (Å²) in [5.74, 6) is 0.926. The van der Waals surface area contributed by atoms with Crippen molar-refractivity contribution in [1.29, 1.82) is 0 Å². The maximum Gasteiger partial charge on any atom is 0.151 e. The predicted molar refractivity (Wildman–Crippen MR) is 59.6 cm³/mol. The van der Waals surface area contributed by atoms with Crippen LogP contribution in [0.25, 0.3) is 0 Å². The van der Waals surface area contributed by atoms with Gasteiger partial charge in [0.2, 0.25) is 0 Å². The second-order valence-electron chi connectivity index (χ2n) is 3.04. The zero-order chi connectivity index (χ0) is 10.5. The number of aromatic hydroxyl groups is 1. The number of aliphatic imine (C=N–C) groups is 1. The first-order chi connectivity index (χ1) is 7.34. The van der Waals surface area contributed by atoms with Crippen LogP contribution >= 0.6 is 0 Å². The quantitative estimate of drug-likeness (QED) is 0.753. The molecule has 1 N–H and O–H groups in total. The fourth-order valence-electron chi connectivity index (χ4n) is 1.13. The van der Waals surface area contributed by atoms with E-state index in [4.69, 9.17) is 5.11 Å². The van der Waals surface area contributed by atoms with Gasteiger partial charge in [0, 0.05) is 12.4 Å². The molecule has 0 spiro atoms. The molecule has 0 bridgehead atoms. The van der Waals surface area contributed by atoms with E-state index in [2.05, 4.69) is 9.98 Å². The van der Waals surface area contributed by atoms with Gasteiger partial charge in [0.05, 0.1) is 0 Å². The van der Waals surface area contributed by atoms with Crippen molar-refractivity contribution in [1.82, 2.24) is 4.98 Å². The maximum atomic E-state index is 9.09. The summed E-state index contributed by atoms with van der Waals surface area (Å²) in [4.78, 5) is 8.25. The zero-order valence-corrected chi connectivity index (χ0v) is 8.04. The van der Waals surface area contributed by atoms with Gasteiger partial charge in [-0.1, -0.05) is 6.07 Å². The Labute approximate surface area is 87.8 Å². The maximum absolute atomic E-state index is 9.09. The molecule has 3 nitrogen and oxygen atoms in total. The van der Waals surface area contributed by atoms with E-state index in [-0.39, 0.29) is 5.75 Å². The number of aromatic nitrogens is 1. The highest BCUT2D eigenvalue weighted by Crippen LogP contribution is 2.09. The standard InChI is InChI=1S/C12H10N2O/c15-11-6-4-10(5-7-11)9-14-12-3-1-2-8-13-12/h1-9,15H. The first-order valence-electron chi connectivity index (χ1n) is 4.59. The van der Waals surface area contributed by atoms with Crippen LogP contribution in [0.5, 0.6) is 5.75 Å². The fourth-order valence-corrected chi connectivity index (χ4v) is 1.13. The molecule has 2 aromatic rings. The minimum absolute atomic E-state index is 0.255. The minimum Gasteiger partial charge on any atom is -0.508 e. The highest BCUT2D eigenvalue weighted by atomic mass is 16.3. The molecule has 15 heavy (non-hydrogen) atoms. The van der Waals surface area contributed by atoms with Gasteiger partial charge in [-0.3, -0.25) is 0 Å². The molecule has 0 fully saturated rings. The van der Waals surface area contributed by atoms with Crippen molar-refractivity contribution in [3.05, 3.63) is 54.2 Å². The van der Waals surface area contributed by atoms with Crippen LogP contribution in [0.1, 0.15) is 5.56 Å². The fraction of sp³-hybridized carbons (Fsp3) is 0. The number of nitrogens with zero attached hydrogens (tertiary/aromatic N) is 2. The Morgan fingerprint density at radius 1 is 1.07 bits per heavy atom. The summed E-state index contributed by atoms with van der Waals surface area (Å²) in [7, 11) is 0. The summed E-state index contributed by atoms with van der Waals surface area (Å²) >= 11 is 0. The van der Waals surface area contributed by atoms with Crippen molar-refractivity contribution in [3.63, 3.8) is 0 Å². The van der Waals surface area contributed by atoms with E-state index < -0.39 is 0 Å². The Kier molecular flexibility index (Phi) is 2.74. The lowest BCUT2D eigenvalue weighted by Crippen LogP contribution is -1.79. The minimum atomic E-state index is 0.255. The van der Waals surface area contributed by atoms with Gasteiger partial charge in [0.1, 0.15) is 5.75 Å². The molecule has 0 amide bonds. The van der Waals surface area contributed by atoms with Gasteiger partial charge in [-0.2, -0.15) is 0 Å². The highest BCUT2D eigenvalue weighted by Gasteiger charge is 1.89. The molecule has 0 aliphatic rings. The number of pyridine rings is 1. The summed E-state index contributed by atoms with van der Waals surface area (Å²) in [5.41, 5.74) is 0.929. The Morgan fingerprint density at radius 3 is 2.53 bits per heavy atom. The third kappa shape index (κ3) is 2.64. The molecule has 0 saturated carbocycles. The normalized spacial score (nSPS) is 10.7. The smallest absolute Gasteiger partial charge is 0.151 e. The molecule has 0 atom stereocenters. The van der Waals surface area contributed by atoms with Gasteiger partial charge in [-0.05, 0) is 42.0 Å². The van der Waals surface area contributed by atoms with Crippen LogP contribution in [0.2, 0.25) is 0 Å². The zero-order valence-electron chi connectivity index (χ0n) is 8.04. The molecule has 0 radical (unpaired) electrons. The van der Waals surface area contributed by atoms with E-state index in [1.807, 2.05) is 18.2 Å². The van der Waals surface area contributed by atoms with Gasteiger partial charge in [-0.25, -0.2) is 9.98 Å². The van der Waals surface area contributed by atoms with Crippen molar-refractivity contribution < 1.29 is 5.11 Å². The monoisotopic (exact) mass is 198 g/mol. The van der Waals surface area contributed by atoms with Crippen molar-refractivity contribution in [2.45, 2.75) is 0 Å². The second-order valence-corrected chi connectivity index (χ2v) is 3.04. The van der Waals surface area contributed by atoms with Crippen LogP contribution in [0.15, 0.2) is 53.7 Å². The highest BCUT2D eigenvalue weighted by molar-refractivity contribution is 5.81. The molecule has 0 saturated heterocycles. The molecule has 74 valence electrons. The summed E-state index contributed by atoms with van der Waals surface area (Å²) in [6.45, 7) is 0. The average molecular weight is 198 g/mol. The Balaban J connectivity index is 2.15. The third-order valence-corrected chi connectivity index (χ3v) is 1.89. The molecular weight excluding hydrogens is 188 g/mol. The molecule has 0 aliphatic heterocycles. The Bertz CT molecular complexity index is 449. The first-order valence-corrected chi connectivity index (χ1v) is 4.59. The number of hydrogen-bond acceptors (Lipinski definition) is 3. The van der Waals surface area contributed by atoms with E-state index in [1.165, 1.54) is 0 Å². The van der Waals surface area contributed by atoms with E-state index in [0.29, 0.717) is 5.82 Å². The van der Waals surface area contributed by atoms with Gasteiger partial charge < -0.3 is 5.11 Å². The van der Waals surface area contributed by atoms with Crippen LogP contribution in [-0.4, -0.2) is 16.3 Å². The van der Waals surface area contributed by atoms with Crippen LogP contribution in [0.3, 0.4) is 0 Å². The van der Waals surface area contributed by atoms with E-state index in [9.17, 15) is 0 Å². The summed E-state index contributed by atoms with van der Waals surface area (Å²) in [5, 5.41) is 9.09.